The number of hydrogen-bond donors (Lipinski definition) is 1. The highest BCUT2D eigenvalue weighted by Crippen LogP contribution is 2.35. The maximum atomic E-state index is 11.4. The van der Waals surface area contributed by atoms with Gasteiger partial charge in [0.15, 0.2) is 0 Å². The van der Waals surface area contributed by atoms with E-state index in [0.29, 0.717) is 24.8 Å². The first-order valence-corrected chi connectivity index (χ1v) is 12.5. The summed E-state index contributed by atoms with van der Waals surface area (Å²) in [7, 11) is 0. The van der Waals surface area contributed by atoms with Crippen molar-refractivity contribution in [1.82, 2.24) is 14.9 Å². The van der Waals surface area contributed by atoms with E-state index < -0.39 is 0 Å². The molecule has 2 aromatic carbocycles. The van der Waals surface area contributed by atoms with Crippen LogP contribution >= 0.6 is 23.2 Å². The average molecular weight is 499 g/mol. The van der Waals surface area contributed by atoms with Crippen LogP contribution < -0.4 is 10.2 Å². The van der Waals surface area contributed by atoms with Gasteiger partial charge < -0.3 is 14.3 Å². The van der Waals surface area contributed by atoms with Crippen molar-refractivity contribution in [2.45, 2.75) is 31.5 Å². The molecule has 178 valence electrons. The number of benzene rings is 2. The molecule has 0 spiro atoms. The third-order valence-corrected chi connectivity index (χ3v) is 6.56. The summed E-state index contributed by atoms with van der Waals surface area (Å²) in [5.74, 6) is 1.79. The highest BCUT2D eigenvalue weighted by atomic mass is 35.5. The molecule has 1 aromatic heterocycles. The first-order valence-electron chi connectivity index (χ1n) is 11.5. The van der Waals surface area contributed by atoms with E-state index in [1.165, 1.54) is 11.6 Å². The van der Waals surface area contributed by atoms with Gasteiger partial charge in [-0.1, -0.05) is 30.3 Å². The molecule has 1 fully saturated rings. The molecule has 3 aromatic rings. The SMILES string of the molecule is O=C/C=C/c1ccc(C2CCC(n3c(CC=O)nc4cc(N(CCCl)CCCl)ccc43)N2)cc1. The predicted octanol–water partition coefficient (Wildman–Crippen LogP) is 4.90. The summed E-state index contributed by atoms with van der Waals surface area (Å²) in [4.78, 5) is 28.9. The maximum absolute atomic E-state index is 11.4. The number of rotatable bonds is 11. The number of carbonyl (C=O) groups excluding carboxylic acids is 2. The summed E-state index contributed by atoms with van der Waals surface area (Å²) < 4.78 is 2.17. The number of hydrogen-bond acceptors (Lipinski definition) is 5. The Bertz CT molecular complexity index is 1150. The van der Waals surface area contributed by atoms with Crippen LogP contribution in [0.3, 0.4) is 0 Å². The van der Waals surface area contributed by atoms with Crippen molar-refractivity contribution >= 4 is 58.6 Å². The van der Waals surface area contributed by atoms with Crippen molar-refractivity contribution in [2.24, 2.45) is 0 Å². The number of alkyl halides is 2. The van der Waals surface area contributed by atoms with Gasteiger partial charge in [-0.15, -0.1) is 23.2 Å². The highest BCUT2D eigenvalue weighted by molar-refractivity contribution is 6.18. The minimum atomic E-state index is 0.0484. The monoisotopic (exact) mass is 498 g/mol. The zero-order valence-corrected chi connectivity index (χ0v) is 20.4. The smallest absolute Gasteiger partial charge is 0.142 e. The van der Waals surface area contributed by atoms with E-state index in [-0.39, 0.29) is 18.6 Å². The molecule has 1 N–H and O–H groups in total. The van der Waals surface area contributed by atoms with E-state index in [1.807, 2.05) is 12.1 Å². The Balaban J connectivity index is 1.60. The van der Waals surface area contributed by atoms with Crippen LogP contribution in [0.15, 0.2) is 48.5 Å². The highest BCUT2D eigenvalue weighted by Gasteiger charge is 2.29. The van der Waals surface area contributed by atoms with Gasteiger partial charge in [-0.3, -0.25) is 10.1 Å². The lowest BCUT2D eigenvalue weighted by Gasteiger charge is -2.23. The van der Waals surface area contributed by atoms with Crippen LogP contribution in [-0.2, 0) is 16.0 Å². The predicted molar refractivity (Wildman–Crippen MR) is 139 cm³/mol. The molecule has 34 heavy (non-hydrogen) atoms. The van der Waals surface area contributed by atoms with Crippen LogP contribution in [0.4, 0.5) is 5.69 Å². The summed E-state index contributed by atoms with van der Waals surface area (Å²) in [6.45, 7) is 1.41. The van der Waals surface area contributed by atoms with E-state index in [4.69, 9.17) is 28.2 Å². The molecule has 0 aliphatic carbocycles. The lowest BCUT2D eigenvalue weighted by Crippen LogP contribution is -2.27. The largest absolute Gasteiger partial charge is 0.369 e. The topological polar surface area (TPSA) is 67.2 Å². The number of nitrogens with zero attached hydrogens (tertiary/aromatic N) is 3. The number of anilines is 1. The molecule has 0 amide bonds. The van der Waals surface area contributed by atoms with Gasteiger partial charge >= 0.3 is 0 Å². The molecule has 0 saturated carbocycles. The molecule has 2 unspecified atom stereocenters. The van der Waals surface area contributed by atoms with Crippen LogP contribution in [0.1, 0.15) is 42.0 Å². The summed E-state index contributed by atoms with van der Waals surface area (Å²) in [6.07, 6.45) is 7.19. The van der Waals surface area contributed by atoms with Crippen LogP contribution in [0.5, 0.6) is 0 Å². The second-order valence-electron chi connectivity index (χ2n) is 8.28. The molecular weight excluding hydrogens is 471 g/mol. The summed E-state index contributed by atoms with van der Waals surface area (Å²) in [6, 6.07) is 14.6. The van der Waals surface area contributed by atoms with E-state index in [1.54, 1.807) is 6.08 Å². The zero-order valence-electron chi connectivity index (χ0n) is 18.9. The molecule has 8 heteroatoms. The van der Waals surface area contributed by atoms with Crippen molar-refractivity contribution in [3.63, 3.8) is 0 Å². The Morgan fingerprint density at radius 2 is 1.82 bits per heavy atom. The van der Waals surface area contributed by atoms with Crippen molar-refractivity contribution < 1.29 is 9.59 Å². The fraction of sp³-hybridized carbons (Fsp3) is 0.346. The van der Waals surface area contributed by atoms with Crippen LogP contribution in [0.25, 0.3) is 17.1 Å². The number of aldehydes is 2. The molecule has 1 aliphatic heterocycles. The minimum absolute atomic E-state index is 0.0484. The molecule has 2 atom stereocenters. The second-order valence-corrected chi connectivity index (χ2v) is 9.04. The van der Waals surface area contributed by atoms with Gasteiger partial charge in [-0.25, -0.2) is 4.98 Å². The molecule has 1 saturated heterocycles. The molecule has 0 radical (unpaired) electrons. The average Bonchev–Trinajstić information content (AvgIpc) is 3.47. The zero-order chi connectivity index (χ0) is 23.9. The number of allylic oxidation sites excluding steroid dienone is 1. The standard InChI is InChI=1S/C26H28Cl2N4O2/c27-12-14-31(15-13-28)21-7-9-24-23(18-21)30-26(11-17-34)32(24)25-10-8-22(29-25)20-5-3-19(4-6-20)2-1-16-33/h1-7,9,16-18,22,25,29H,8,10-15H2/b2-1+. The van der Waals surface area contributed by atoms with Crippen LogP contribution in [0.2, 0.25) is 0 Å². The Labute approximate surface area is 209 Å². The molecular formula is C26H28Cl2N4O2. The third-order valence-electron chi connectivity index (χ3n) is 6.23. The number of carbonyl (C=O) groups is 2. The van der Waals surface area contributed by atoms with Crippen molar-refractivity contribution in [1.29, 1.82) is 0 Å². The van der Waals surface area contributed by atoms with Crippen LogP contribution in [0, 0.1) is 0 Å². The van der Waals surface area contributed by atoms with Crippen LogP contribution in [-0.4, -0.2) is 47.0 Å². The number of fused-ring (bicyclic) bond motifs is 1. The molecule has 1 aliphatic rings. The first-order chi connectivity index (χ1) is 16.7. The fourth-order valence-corrected chi connectivity index (χ4v) is 5.06. The van der Waals surface area contributed by atoms with Crippen molar-refractivity contribution in [3.05, 3.63) is 65.5 Å². The van der Waals surface area contributed by atoms with Gasteiger partial charge in [0.05, 0.1) is 23.6 Å². The summed E-state index contributed by atoms with van der Waals surface area (Å²) in [5.41, 5.74) is 5.08. The Morgan fingerprint density at radius 3 is 2.50 bits per heavy atom. The first kappa shape index (κ1) is 24.5. The van der Waals surface area contributed by atoms with Gasteiger partial charge in [0.25, 0.3) is 0 Å². The van der Waals surface area contributed by atoms with E-state index >= 15 is 0 Å². The third kappa shape index (κ3) is 5.35. The van der Waals surface area contributed by atoms with Gasteiger partial charge in [0.2, 0.25) is 0 Å². The molecule has 6 nitrogen and oxygen atoms in total. The fourth-order valence-electron chi connectivity index (χ4n) is 4.65. The van der Waals surface area contributed by atoms with Crippen molar-refractivity contribution in [2.75, 3.05) is 29.7 Å². The number of nitrogens with one attached hydrogen (secondary N) is 1. The van der Waals surface area contributed by atoms with E-state index in [9.17, 15) is 9.59 Å². The van der Waals surface area contributed by atoms with E-state index in [0.717, 1.165) is 53.5 Å². The lowest BCUT2D eigenvalue weighted by molar-refractivity contribution is -0.107. The summed E-state index contributed by atoms with van der Waals surface area (Å²) in [5, 5.41) is 3.73. The van der Waals surface area contributed by atoms with Gasteiger partial charge in [-0.2, -0.15) is 0 Å². The van der Waals surface area contributed by atoms with E-state index in [2.05, 4.69) is 45.1 Å². The quantitative estimate of drug-likeness (QED) is 0.231. The van der Waals surface area contributed by atoms with Gasteiger partial charge in [0.1, 0.15) is 18.4 Å². The Kier molecular flexibility index (Phi) is 8.38. The second kappa shape index (κ2) is 11.6. The van der Waals surface area contributed by atoms with Gasteiger partial charge in [0, 0.05) is 36.6 Å². The number of halogens is 2. The normalized spacial score (nSPS) is 18.1. The van der Waals surface area contributed by atoms with Gasteiger partial charge in [-0.05, 0) is 48.2 Å². The Hall–Kier alpha value is -2.67. The number of aromatic nitrogens is 2. The molecule has 2 heterocycles. The minimum Gasteiger partial charge on any atom is -0.369 e. The lowest BCUT2D eigenvalue weighted by atomic mass is 10.0. The Morgan fingerprint density at radius 1 is 1.06 bits per heavy atom. The summed E-state index contributed by atoms with van der Waals surface area (Å²) >= 11 is 12.0. The molecule has 0 bridgehead atoms. The maximum Gasteiger partial charge on any atom is 0.142 e. The molecule has 4 rings (SSSR count). The van der Waals surface area contributed by atoms with Crippen molar-refractivity contribution in [3.8, 4) is 0 Å². The number of imidazole rings is 1.